The van der Waals surface area contributed by atoms with Gasteiger partial charge in [-0.05, 0) is 108 Å². The molecular formula is C44H65BrClF3K2N4O13S3. The number of alkyl halides is 1. The van der Waals surface area contributed by atoms with Crippen LogP contribution in [0.5, 0.6) is 0 Å². The van der Waals surface area contributed by atoms with E-state index in [0.29, 0.717) is 35.5 Å². The first-order chi connectivity index (χ1) is 31.1. The van der Waals surface area contributed by atoms with Crippen molar-refractivity contribution in [1.29, 1.82) is 0 Å². The molecule has 0 saturated carbocycles. The van der Waals surface area contributed by atoms with E-state index in [0.717, 1.165) is 0 Å². The summed E-state index contributed by atoms with van der Waals surface area (Å²) in [5.41, 5.74) is 5.00. The van der Waals surface area contributed by atoms with Crippen molar-refractivity contribution in [1.82, 2.24) is 10.6 Å². The summed E-state index contributed by atoms with van der Waals surface area (Å²) in [6.07, 6.45) is 0.0544. The Labute approximate surface area is 518 Å². The number of benzene rings is 3. The minimum atomic E-state index is -3.50. The van der Waals surface area contributed by atoms with Crippen LogP contribution < -0.4 is 130 Å². The van der Waals surface area contributed by atoms with E-state index >= 15 is 0 Å². The molecule has 3 aromatic rings. The van der Waals surface area contributed by atoms with Gasteiger partial charge in [-0.3, -0.25) is 4.79 Å². The number of carbonyl (C=O) groups excluding carboxylic acids is 3. The number of hydrogen-bond acceptors (Lipinski definition) is 14. The van der Waals surface area contributed by atoms with Crippen LogP contribution in [0.3, 0.4) is 0 Å². The summed E-state index contributed by atoms with van der Waals surface area (Å²) < 4.78 is 116. The van der Waals surface area contributed by atoms with Crippen LogP contribution in [-0.4, -0.2) is 91.6 Å². The second-order valence-corrected chi connectivity index (χ2v) is 21.5. The zero-order valence-electron chi connectivity index (χ0n) is 41.2. The molecule has 0 radical (unpaired) electrons. The molecule has 17 nitrogen and oxygen atoms in total. The number of amides is 2. The number of rotatable bonds is 16. The van der Waals surface area contributed by atoms with Crippen LogP contribution >= 0.6 is 28.3 Å². The van der Waals surface area contributed by atoms with E-state index in [1.807, 2.05) is 0 Å². The summed E-state index contributed by atoms with van der Waals surface area (Å²) in [4.78, 5) is 34.4. The number of carbonyl (C=O) groups is 3. The minimum absolute atomic E-state index is 0. The first-order valence-electron chi connectivity index (χ1n) is 19.5. The van der Waals surface area contributed by atoms with Crippen LogP contribution in [0.4, 0.5) is 22.8 Å². The number of halogens is 5. The second kappa shape index (κ2) is 43.7. The molecule has 394 valence electrons. The molecule has 0 aliphatic rings. The zero-order valence-corrected chi connectivity index (χ0v) is 51.3. The topological polar surface area (TPSA) is 280 Å². The van der Waals surface area contributed by atoms with Crippen molar-refractivity contribution >= 4 is 76.7 Å². The molecule has 0 atom stereocenters. The van der Waals surface area contributed by atoms with Crippen molar-refractivity contribution in [2.45, 2.75) is 87.7 Å². The third-order valence-corrected chi connectivity index (χ3v) is 12.4. The zero-order chi connectivity index (χ0) is 51.7. The molecule has 0 unspecified atom stereocenters. The van der Waals surface area contributed by atoms with Crippen LogP contribution in [-0.2, 0) is 48.9 Å². The van der Waals surface area contributed by atoms with Gasteiger partial charge in [0.25, 0.3) is 6.47 Å². The van der Waals surface area contributed by atoms with Crippen molar-refractivity contribution in [3.63, 3.8) is 0 Å². The molecule has 0 aliphatic heterocycles. The number of alkyl carbamates (subject to hydrolysis) is 2. The van der Waals surface area contributed by atoms with E-state index in [-0.39, 0.29) is 195 Å². The molecule has 71 heavy (non-hydrogen) atoms. The molecule has 0 bridgehead atoms. The van der Waals surface area contributed by atoms with Crippen molar-refractivity contribution in [2.24, 2.45) is 10.9 Å². The molecule has 27 heteroatoms. The van der Waals surface area contributed by atoms with Gasteiger partial charge in [0.15, 0.2) is 19.7 Å². The quantitative estimate of drug-likeness (QED) is 0.0522. The van der Waals surface area contributed by atoms with Gasteiger partial charge in [0, 0.05) is 25.0 Å². The fourth-order valence-corrected chi connectivity index (χ4v) is 7.66. The molecule has 6 N–H and O–H groups in total. The third kappa shape index (κ3) is 43.4. The summed E-state index contributed by atoms with van der Waals surface area (Å²) >= 11 is 3.09. The molecule has 0 spiro atoms. The Bertz CT molecular complexity index is 2360. The number of hydrogen-bond donors (Lipinski definition) is 4. The predicted molar refractivity (Wildman–Crippen MR) is 265 cm³/mol. The Kier molecular flexibility index (Phi) is 49.7. The standard InChI is InChI=1S/C16H22FNO4S.C11H14FNO2S.C9H15BrFNO2.C6H7NO2S.CH2O3.CH4.ClH.2K.H/c1-16(2,3)22-15(19)18-12-13(11-17)9-10-23(20,21)14-7-5-4-6-8-14;12-8-10(9-13)6-7-16(14,15)11-4-2-1-3-5-11;1-9(2,3)14-8(13)12-6-7(4-10)5-11;7-10(8,9)6-4-2-1-3-5-6;2-1-4-3;;;;;/h4-8,11H,9-10,12H2,1-3H3,(H,18,19);1-5,8H,6-7,9,13H2;5H,4,6H2,1-3H3,(H,12,13);1-5H,(H2,7,8,9);1,3H;1H4;1H;;;/q;;;;;;;2*+1;-1/p-1/b;10-8-;;;;;;;;. The first kappa shape index (κ1) is 80.8. The largest absolute Gasteiger partial charge is 1.00 e. The van der Waals surface area contributed by atoms with Gasteiger partial charge in [-0.1, -0.05) is 78.0 Å². The molecule has 2 amide bonds. The average Bonchev–Trinajstić information content (AvgIpc) is 3.27. The van der Waals surface area contributed by atoms with E-state index in [1.54, 1.807) is 96.1 Å². The van der Waals surface area contributed by atoms with Gasteiger partial charge in [0.05, 0.1) is 45.2 Å². The molecule has 0 saturated heterocycles. The van der Waals surface area contributed by atoms with Crippen LogP contribution in [0.2, 0.25) is 0 Å². The summed E-state index contributed by atoms with van der Waals surface area (Å²) in [5.74, 6) is -0.354. The van der Waals surface area contributed by atoms with Gasteiger partial charge in [-0.25, -0.2) is 53.2 Å². The Balaban J connectivity index is -0.000000154. The second-order valence-electron chi connectivity index (χ2n) is 15.2. The maximum atomic E-state index is 12.9. The van der Waals surface area contributed by atoms with Gasteiger partial charge in [-0.15, -0.1) is 12.4 Å². The smallest absolute Gasteiger partial charge is 1.00 e. The molecule has 0 heterocycles. The molecule has 3 rings (SSSR count). The van der Waals surface area contributed by atoms with Gasteiger partial charge in [0.2, 0.25) is 10.0 Å². The Hall–Kier alpha value is -1.55. The summed E-state index contributed by atoms with van der Waals surface area (Å²) in [5, 5.41) is 18.5. The number of ether oxygens (including phenoxy) is 2. The van der Waals surface area contributed by atoms with E-state index < -0.39 is 53.1 Å². The molecule has 0 fully saturated rings. The normalized spacial score (nSPS) is 11.4. The fourth-order valence-electron chi connectivity index (χ4n) is 4.13. The van der Waals surface area contributed by atoms with Crippen molar-refractivity contribution in [3.05, 3.63) is 127 Å². The Morgan fingerprint density at radius 2 is 0.944 bits per heavy atom. The van der Waals surface area contributed by atoms with Crippen molar-refractivity contribution in [2.75, 3.05) is 36.5 Å². The SMILES string of the molecule is C.CC(C)(C)OC(=O)NCC(=CF)CBr.CC(C)(C)OC(=O)NCC(=CF)CCS(=O)(=O)c1ccccc1.Cl.NC/C(=C\F)CCS(=O)(=O)c1ccccc1.NS(=O)(=O)c1ccccc1.O=CO[O-].[H-].[K+].[K+]. The molecule has 0 aliphatic carbocycles. The summed E-state index contributed by atoms with van der Waals surface area (Å²) in [6, 6.07) is 23.9. The maximum absolute atomic E-state index is 12.9. The monoisotopic (exact) mass is 1200 g/mol. The molecule has 3 aromatic carbocycles. The summed E-state index contributed by atoms with van der Waals surface area (Å²) in [6.45, 7) is 10.4. The predicted octanol–water partition coefficient (Wildman–Crippen LogP) is 1.60. The van der Waals surface area contributed by atoms with Crippen LogP contribution in [0.25, 0.3) is 0 Å². The van der Waals surface area contributed by atoms with Crippen LogP contribution in [0.1, 0.15) is 63.2 Å². The van der Waals surface area contributed by atoms with Crippen LogP contribution in [0, 0.1) is 0 Å². The van der Waals surface area contributed by atoms with E-state index in [9.17, 15) is 48.0 Å². The minimum Gasteiger partial charge on any atom is -1.00 e. The average molecular weight is 1200 g/mol. The third-order valence-electron chi connectivity index (χ3n) is 7.31. The van der Waals surface area contributed by atoms with E-state index in [4.69, 9.17) is 30.4 Å². The van der Waals surface area contributed by atoms with Gasteiger partial charge in [0.1, 0.15) is 11.2 Å². The number of sulfone groups is 2. The Morgan fingerprint density at radius 3 is 1.18 bits per heavy atom. The maximum Gasteiger partial charge on any atom is 1.00 e. The Morgan fingerprint density at radius 1 is 0.648 bits per heavy atom. The van der Waals surface area contributed by atoms with E-state index in [2.05, 4.69) is 31.5 Å². The molecular weight excluding hydrogens is 1140 g/mol. The van der Waals surface area contributed by atoms with Gasteiger partial charge in [-0.2, -0.15) is 0 Å². The first-order valence-corrected chi connectivity index (χ1v) is 25.5. The summed E-state index contributed by atoms with van der Waals surface area (Å²) in [7, 11) is -10.3. The van der Waals surface area contributed by atoms with E-state index in [1.165, 1.54) is 36.4 Å². The number of primary sulfonamides is 1. The number of nitrogens with one attached hydrogen (secondary N) is 2. The van der Waals surface area contributed by atoms with Crippen molar-refractivity contribution < 1.29 is 177 Å². The number of sulfonamides is 1. The number of nitrogens with two attached hydrogens (primary N) is 2. The van der Waals surface area contributed by atoms with Crippen LogP contribution in [0.15, 0.2) is 141 Å². The van der Waals surface area contributed by atoms with Gasteiger partial charge < -0.3 is 37.4 Å². The molecule has 0 aromatic heterocycles. The fraction of sp³-hybridized carbons (Fsp3) is 0.386. The van der Waals surface area contributed by atoms with Crippen molar-refractivity contribution in [3.8, 4) is 0 Å². The van der Waals surface area contributed by atoms with Gasteiger partial charge >= 0.3 is 115 Å².